The third-order valence-corrected chi connectivity index (χ3v) is 2.85. The molecule has 0 fully saturated rings. The van der Waals surface area contributed by atoms with Crippen molar-refractivity contribution in [3.05, 3.63) is 51.3 Å². The van der Waals surface area contributed by atoms with E-state index in [0.29, 0.717) is 20.7 Å². The van der Waals surface area contributed by atoms with Gasteiger partial charge in [0, 0.05) is 16.3 Å². The molecule has 0 amide bonds. The van der Waals surface area contributed by atoms with Gasteiger partial charge >= 0.3 is 0 Å². The number of furan rings is 1. The van der Waals surface area contributed by atoms with Gasteiger partial charge in [-0.05, 0) is 40.2 Å². The van der Waals surface area contributed by atoms with Crippen LogP contribution in [0.25, 0.3) is 0 Å². The lowest BCUT2D eigenvalue weighted by Crippen LogP contribution is -2.01. The lowest BCUT2D eigenvalue weighted by Gasteiger charge is -2.01. The Balaban J connectivity index is 2.45. The minimum atomic E-state index is -0.258. The molecule has 1 aromatic heterocycles. The molecule has 0 saturated carbocycles. The fourth-order valence-corrected chi connectivity index (χ4v) is 1.96. The molecule has 1 aromatic carbocycles. The maximum absolute atomic E-state index is 12.0. The second-order valence-electron chi connectivity index (χ2n) is 3.20. The van der Waals surface area contributed by atoms with E-state index in [2.05, 4.69) is 15.9 Å². The first kappa shape index (κ1) is 11.2. The van der Waals surface area contributed by atoms with Gasteiger partial charge in [0.15, 0.2) is 5.76 Å². The Kier molecular flexibility index (Phi) is 3.03. The van der Waals surface area contributed by atoms with E-state index in [1.54, 1.807) is 24.3 Å². The SMILES string of the molecule is Nc1cc(Cl)cc(C(=O)c2occc2Br)c1. The first-order valence-electron chi connectivity index (χ1n) is 4.41. The van der Waals surface area contributed by atoms with Crippen LogP contribution in [0.1, 0.15) is 16.1 Å². The Hall–Kier alpha value is -1.26. The van der Waals surface area contributed by atoms with Crippen molar-refractivity contribution < 1.29 is 9.21 Å². The van der Waals surface area contributed by atoms with E-state index in [1.165, 1.54) is 6.26 Å². The number of nitrogen functional groups attached to an aromatic ring is 1. The molecule has 0 saturated heterocycles. The monoisotopic (exact) mass is 299 g/mol. The number of carbonyl (C=O) groups is 1. The summed E-state index contributed by atoms with van der Waals surface area (Å²) in [5, 5.41) is 0.422. The predicted octanol–water partition coefficient (Wildman–Crippen LogP) is 3.51. The summed E-state index contributed by atoms with van der Waals surface area (Å²) in [6, 6.07) is 6.34. The summed E-state index contributed by atoms with van der Waals surface area (Å²) in [7, 11) is 0. The van der Waals surface area contributed by atoms with Crippen LogP contribution in [0.2, 0.25) is 5.02 Å². The number of rotatable bonds is 2. The lowest BCUT2D eigenvalue weighted by atomic mass is 10.1. The van der Waals surface area contributed by atoms with E-state index in [1.807, 2.05) is 0 Å². The molecule has 1 heterocycles. The van der Waals surface area contributed by atoms with Crippen LogP contribution in [0.4, 0.5) is 5.69 Å². The summed E-state index contributed by atoms with van der Waals surface area (Å²) in [4.78, 5) is 12.0. The molecule has 0 spiro atoms. The highest BCUT2D eigenvalue weighted by atomic mass is 79.9. The molecule has 2 aromatic rings. The molecule has 0 aliphatic rings. The van der Waals surface area contributed by atoms with Crippen molar-refractivity contribution >= 4 is 39.0 Å². The van der Waals surface area contributed by atoms with Gasteiger partial charge in [-0.3, -0.25) is 4.79 Å². The zero-order valence-corrected chi connectivity index (χ0v) is 10.4. The van der Waals surface area contributed by atoms with Crippen molar-refractivity contribution in [3.63, 3.8) is 0 Å². The van der Waals surface area contributed by atoms with E-state index in [0.717, 1.165) is 0 Å². The molecule has 5 heteroatoms. The zero-order chi connectivity index (χ0) is 11.7. The molecule has 0 bridgehead atoms. The van der Waals surface area contributed by atoms with E-state index >= 15 is 0 Å². The molecule has 16 heavy (non-hydrogen) atoms. The van der Waals surface area contributed by atoms with E-state index in [-0.39, 0.29) is 11.5 Å². The second-order valence-corrected chi connectivity index (χ2v) is 4.49. The van der Waals surface area contributed by atoms with Crippen LogP contribution in [0.15, 0.2) is 39.4 Å². The van der Waals surface area contributed by atoms with E-state index < -0.39 is 0 Å². The second kappa shape index (κ2) is 4.31. The molecule has 2 rings (SSSR count). The predicted molar refractivity (Wildman–Crippen MR) is 65.7 cm³/mol. The Morgan fingerprint density at radius 3 is 2.69 bits per heavy atom. The topological polar surface area (TPSA) is 56.2 Å². The standard InChI is InChI=1S/C11H7BrClNO2/c12-9-1-2-16-11(9)10(15)6-3-7(13)5-8(14)4-6/h1-5H,14H2. The summed E-state index contributed by atoms with van der Waals surface area (Å²) in [5.41, 5.74) is 6.46. The van der Waals surface area contributed by atoms with Crippen LogP contribution in [0.5, 0.6) is 0 Å². The minimum Gasteiger partial charge on any atom is -0.460 e. The van der Waals surface area contributed by atoms with Gasteiger partial charge < -0.3 is 10.2 Å². The third kappa shape index (κ3) is 2.13. The van der Waals surface area contributed by atoms with Crippen molar-refractivity contribution in [1.29, 1.82) is 0 Å². The Morgan fingerprint density at radius 1 is 1.38 bits per heavy atom. The zero-order valence-electron chi connectivity index (χ0n) is 8.04. The first-order chi connectivity index (χ1) is 7.58. The maximum atomic E-state index is 12.0. The molecule has 0 atom stereocenters. The number of ketones is 1. The van der Waals surface area contributed by atoms with E-state index in [9.17, 15) is 4.79 Å². The number of anilines is 1. The van der Waals surface area contributed by atoms with Crippen molar-refractivity contribution in [2.24, 2.45) is 0 Å². The first-order valence-corrected chi connectivity index (χ1v) is 5.59. The average Bonchev–Trinajstić information content (AvgIpc) is 2.62. The van der Waals surface area contributed by atoms with Crippen molar-refractivity contribution in [3.8, 4) is 0 Å². The highest BCUT2D eigenvalue weighted by molar-refractivity contribution is 9.10. The lowest BCUT2D eigenvalue weighted by molar-refractivity contribution is 0.101. The van der Waals surface area contributed by atoms with Gasteiger partial charge in [0.1, 0.15) is 0 Å². The van der Waals surface area contributed by atoms with Crippen LogP contribution in [-0.2, 0) is 0 Å². The summed E-state index contributed by atoms with van der Waals surface area (Å²) >= 11 is 9.04. The van der Waals surface area contributed by atoms with Gasteiger partial charge in [0.05, 0.1) is 10.7 Å². The van der Waals surface area contributed by atoms with Gasteiger partial charge in [-0.15, -0.1) is 0 Å². The van der Waals surface area contributed by atoms with Crippen LogP contribution in [-0.4, -0.2) is 5.78 Å². The molecule has 0 aliphatic carbocycles. The van der Waals surface area contributed by atoms with Crippen LogP contribution in [0.3, 0.4) is 0 Å². The van der Waals surface area contributed by atoms with Crippen LogP contribution < -0.4 is 5.73 Å². The summed E-state index contributed by atoms with van der Waals surface area (Å²) in [6.45, 7) is 0. The Bertz CT molecular complexity index is 530. The summed E-state index contributed by atoms with van der Waals surface area (Å²) in [6.07, 6.45) is 1.44. The largest absolute Gasteiger partial charge is 0.460 e. The van der Waals surface area contributed by atoms with Gasteiger partial charge in [0.25, 0.3) is 0 Å². The maximum Gasteiger partial charge on any atom is 0.229 e. The number of benzene rings is 1. The Labute approximate surface area is 105 Å². The quantitative estimate of drug-likeness (QED) is 0.682. The minimum absolute atomic E-state index is 0.238. The van der Waals surface area contributed by atoms with Crippen LogP contribution >= 0.6 is 27.5 Å². The number of carbonyl (C=O) groups excluding carboxylic acids is 1. The molecule has 0 radical (unpaired) electrons. The highest BCUT2D eigenvalue weighted by Crippen LogP contribution is 2.24. The fraction of sp³-hybridized carbons (Fsp3) is 0. The van der Waals surface area contributed by atoms with Gasteiger partial charge in [-0.2, -0.15) is 0 Å². The number of hydrogen-bond donors (Lipinski definition) is 1. The molecule has 2 N–H and O–H groups in total. The van der Waals surface area contributed by atoms with Crippen molar-refractivity contribution in [2.45, 2.75) is 0 Å². The van der Waals surface area contributed by atoms with E-state index in [4.69, 9.17) is 21.8 Å². The Morgan fingerprint density at radius 2 is 2.12 bits per heavy atom. The number of halogens is 2. The van der Waals surface area contributed by atoms with Gasteiger partial charge in [0.2, 0.25) is 5.78 Å². The highest BCUT2D eigenvalue weighted by Gasteiger charge is 2.16. The fourth-order valence-electron chi connectivity index (χ4n) is 1.33. The molecule has 0 unspecified atom stereocenters. The molecular weight excluding hydrogens is 293 g/mol. The summed E-state index contributed by atoms with van der Waals surface area (Å²) in [5.74, 6) is -0.0206. The van der Waals surface area contributed by atoms with Crippen molar-refractivity contribution in [2.75, 3.05) is 5.73 Å². The third-order valence-electron chi connectivity index (χ3n) is 2.01. The molecule has 3 nitrogen and oxygen atoms in total. The number of hydrogen-bond acceptors (Lipinski definition) is 3. The van der Waals surface area contributed by atoms with Crippen molar-refractivity contribution in [1.82, 2.24) is 0 Å². The normalized spacial score (nSPS) is 10.4. The smallest absolute Gasteiger partial charge is 0.229 e. The molecule has 82 valence electrons. The number of nitrogens with two attached hydrogens (primary N) is 1. The molecular formula is C11H7BrClNO2. The summed E-state index contributed by atoms with van der Waals surface area (Å²) < 4.78 is 5.69. The van der Waals surface area contributed by atoms with Gasteiger partial charge in [-0.25, -0.2) is 0 Å². The average molecular weight is 301 g/mol. The van der Waals surface area contributed by atoms with Gasteiger partial charge in [-0.1, -0.05) is 11.6 Å². The molecule has 0 aliphatic heterocycles. The van der Waals surface area contributed by atoms with Crippen LogP contribution in [0, 0.1) is 0 Å².